The van der Waals surface area contributed by atoms with Crippen molar-refractivity contribution >= 4 is 23.2 Å². The van der Waals surface area contributed by atoms with Crippen LogP contribution < -0.4 is 15.1 Å². The molecule has 0 spiro atoms. The van der Waals surface area contributed by atoms with E-state index in [1.807, 2.05) is 19.1 Å². The van der Waals surface area contributed by atoms with Crippen LogP contribution in [0.4, 0.5) is 5.69 Å². The number of fused-ring (bicyclic) bond motifs is 1. The van der Waals surface area contributed by atoms with Gasteiger partial charge in [-0.05, 0) is 24.6 Å². The third-order valence-corrected chi connectivity index (χ3v) is 3.61. The molecule has 104 valence electrons. The summed E-state index contributed by atoms with van der Waals surface area (Å²) in [6.45, 7) is 2.04. The predicted molar refractivity (Wildman–Crippen MR) is 74.0 cm³/mol. The molecule has 3 rings (SSSR count). The van der Waals surface area contributed by atoms with Gasteiger partial charge in [0.15, 0.2) is 6.61 Å². The van der Waals surface area contributed by atoms with Gasteiger partial charge in [0.25, 0.3) is 5.91 Å². The molecule has 0 aromatic heterocycles. The van der Waals surface area contributed by atoms with Gasteiger partial charge in [-0.25, -0.2) is 5.43 Å². The first-order valence-electron chi connectivity index (χ1n) is 6.46. The van der Waals surface area contributed by atoms with E-state index in [-0.39, 0.29) is 18.4 Å². The summed E-state index contributed by atoms with van der Waals surface area (Å²) in [7, 11) is 1.73. The second-order valence-corrected chi connectivity index (χ2v) is 4.97. The molecule has 0 atom stereocenters. The van der Waals surface area contributed by atoms with E-state index in [0.717, 1.165) is 22.5 Å². The van der Waals surface area contributed by atoms with Gasteiger partial charge in [-0.1, -0.05) is 0 Å². The van der Waals surface area contributed by atoms with Crippen molar-refractivity contribution < 1.29 is 14.3 Å². The average Bonchev–Trinajstić information content (AvgIpc) is 2.44. The first-order chi connectivity index (χ1) is 9.56. The molecule has 20 heavy (non-hydrogen) atoms. The van der Waals surface area contributed by atoms with Crippen LogP contribution in [0.2, 0.25) is 0 Å². The SMILES string of the molecule is Cc1cc2c(cc1C1=NNC(=O)CC1)N(C)C(=O)CO2. The van der Waals surface area contributed by atoms with Crippen LogP contribution in [0.5, 0.6) is 5.75 Å². The van der Waals surface area contributed by atoms with Crippen LogP contribution in [-0.2, 0) is 9.59 Å². The summed E-state index contributed by atoms with van der Waals surface area (Å²) in [4.78, 5) is 24.4. The van der Waals surface area contributed by atoms with Crippen molar-refractivity contribution in [3.63, 3.8) is 0 Å². The standard InChI is InChI=1S/C14H15N3O3/c1-8-5-12-11(17(2)14(19)7-20-12)6-9(8)10-3-4-13(18)16-15-10/h5-6H,3-4,7H2,1-2H3,(H,16,18). The molecule has 2 amide bonds. The zero-order valence-corrected chi connectivity index (χ0v) is 11.4. The fraction of sp³-hybridized carbons (Fsp3) is 0.357. The number of anilines is 1. The Hall–Kier alpha value is -2.37. The number of nitrogens with zero attached hydrogens (tertiary/aromatic N) is 2. The molecule has 1 aromatic rings. The third kappa shape index (κ3) is 2.03. The molecule has 0 unspecified atom stereocenters. The summed E-state index contributed by atoms with van der Waals surface area (Å²) in [5, 5.41) is 4.11. The second kappa shape index (κ2) is 4.63. The number of amides is 2. The number of likely N-dealkylation sites (N-methyl/N-ethyl adjacent to an activating group) is 1. The summed E-state index contributed by atoms with van der Waals surface area (Å²) in [5.74, 6) is 0.556. The van der Waals surface area contributed by atoms with Crippen molar-refractivity contribution in [1.82, 2.24) is 5.43 Å². The molecule has 0 bridgehead atoms. The molecule has 0 saturated carbocycles. The lowest BCUT2D eigenvalue weighted by atomic mass is 9.98. The van der Waals surface area contributed by atoms with Gasteiger partial charge in [0, 0.05) is 25.5 Å². The number of nitrogens with one attached hydrogen (secondary N) is 1. The first-order valence-corrected chi connectivity index (χ1v) is 6.46. The molecule has 0 fully saturated rings. The molecule has 0 aliphatic carbocycles. The minimum absolute atomic E-state index is 0.0687. The molecule has 2 aliphatic heterocycles. The smallest absolute Gasteiger partial charge is 0.264 e. The van der Waals surface area contributed by atoms with Crippen LogP contribution in [0.15, 0.2) is 17.2 Å². The van der Waals surface area contributed by atoms with Crippen molar-refractivity contribution in [2.75, 3.05) is 18.6 Å². The number of hydrogen-bond acceptors (Lipinski definition) is 4. The van der Waals surface area contributed by atoms with Gasteiger partial charge in [-0.15, -0.1) is 0 Å². The van der Waals surface area contributed by atoms with Crippen LogP contribution in [0.3, 0.4) is 0 Å². The van der Waals surface area contributed by atoms with Gasteiger partial charge in [-0.2, -0.15) is 5.10 Å². The molecular weight excluding hydrogens is 258 g/mol. The van der Waals surface area contributed by atoms with Crippen LogP contribution >= 0.6 is 0 Å². The number of hydrazone groups is 1. The number of aryl methyl sites for hydroxylation is 1. The fourth-order valence-electron chi connectivity index (χ4n) is 2.40. The van der Waals surface area contributed by atoms with Gasteiger partial charge in [0.05, 0.1) is 11.4 Å². The largest absolute Gasteiger partial charge is 0.482 e. The molecule has 0 radical (unpaired) electrons. The highest BCUT2D eigenvalue weighted by Crippen LogP contribution is 2.34. The quantitative estimate of drug-likeness (QED) is 0.828. The molecule has 2 aliphatic rings. The minimum Gasteiger partial charge on any atom is -0.482 e. The first kappa shape index (κ1) is 12.7. The lowest BCUT2D eigenvalue weighted by Crippen LogP contribution is -2.35. The zero-order chi connectivity index (χ0) is 14.3. The van der Waals surface area contributed by atoms with E-state index < -0.39 is 0 Å². The number of benzene rings is 1. The van der Waals surface area contributed by atoms with E-state index in [4.69, 9.17) is 4.74 Å². The highest BCUT2D eigenvalue weighted by molar-refractivity contribution is 6.07. The second-order valence-electron chi connectivity index (χ2n) is 4.97. The maximum atomic E-state index is 11.7. The van der Waals surface area contributed by atoms with Crippen LogP contribution in [0.25, 0.3) is 0 Å². The van der Waals surface area contributed by atoms with Crippen LogP contribution in [0.1, 0.15) is 24.0 Å². The van der Waals surface area contributed by atoms with Gasteiger partial charge in [-0.3, -0.25) is 9.59 Å². The Bertz CT molecular complexity index is 637. The van der Waals surface area contributed by atoms with Crippen molar-refractivity contribution in [3.8, 4) is 5.75 Å². The topological polar surface area (TPSA) is 71.0 Å². The number of hydrogen-bond donors (Lipinski definition) is 1. The average molecular weight is 273 g/mol. The summed E-state index contributed by atoms with van der Waals surface area (Å²) in [6, 6.07) is 3.81. The van der Waals surface area contributed by atoms with Gasteiger partial charge >= 0.3 is 0 Å². The Balaban J connectivity index is 2.05. The summed E-state index contributed by atoms with van der Waals surface area (Å²) in [6.07, 6.45) is 1.03. The molecule has 1 N–H and O–H groups in total. The Kier molecular flexibility index (Phi) is 2.93. The summed E-state index contributed by atoms with van der Waals surface area (Å²) in [5.41, 5.74) is 6.02. The number of ether oxygens (including phenoxy) is 1. The number of rotatable bonds is 1. The highest BCUT2D eigenvalue weighted by Gasteiger charge is 2.25. The van der Waals surface area contributed by atoms with Crippen LogP contribution in [0, 0.1) is 6.92 Å². The minimum atomic E-state index is -0.0776. The van der Waals surface area contributed by atoms with E-state index in [2.05, 4.69) is 10.5 Å². The molecule has 2 heterocycles. The van der Waals surface area contributed by atoms with Gasteiger partial charge in [0.2, 0.25) is 5.91 Å². The molecule has 1 aromatic carbocycles. The maximum Gasteiger partial charge on any atom is 0.264 e. The maximum absolute atomic E-state index is 11.7. The van der Waals surface area contributed by atoms with E-state index >= 15 is 0 Å². The lowest BCUT2D eigenvalue weighted by Gasteiger charge is -2.27. The summed E-state index contributed by atoms with van der Waals surface area (Å²) >= 11 is 0. The Morgan fingerprint density at radius 2 is 2.10 bits per heavy atom. The highest BCUT2D eigenvalue weighted by atomic mass is 16.5. The normalized spacial score (nSPS) is 18.1. The Labute approximate surface area is 116 Å². The fourth-order valence-corrected chi connectivity index (χ4v) is 2.40. The van der Waals surface area contributed by atoms with Gasteiger partial charge in [0.1, 0.15) is 5.75 Å². The Morgan fingerprint density at radius 3 is 2.80 bits per heavy atom. The lowest BCUT2D eigenvalue weighted by molar-refractivity contribution is -0.121. The van der Waals surface area contributed by atoms with E-state index in [9.17, 15) is 9.59 Å². The van der Waals surface area contributed by atoms with Crippen molar-refractivity contribution in [1.29, 1.82) is 0 Å². The molecule has 6 heteroatoms. The molecule has 6 nitrogen and oxygen atoms in total. The van der Waals surface area contributed by atoms with Crippen LogP contribution in [-0.4, -0.2) is 31.2 Å². The Morgan fingerprint density at radius 1 is 1.30 bits per heavy atom. The summed E-state index contributed by atoms with van der Waals surface area (Å²) < 4.78 is 5.45. The monoisotopic (exact) mass is 273 g/mol. The van der Waals surface area contributed by atoms with Crippen molar-refractivity contribution in [3.05, 3.63) is 23.3 Å². The van der Waals surface area contributed by atoms with Gasteiger partial charge < -0.3 is 9.64 Å². The van der Waals surface area contributed by atoms with E-state index in [1.165, 1.54) is 0 Å². The molecule has 0 saturated heterocycles. The van der Waals surface area contributed by atoms with Crippen molar-refractivity contribution in [2.24, 2.45) is 5.10 Å². The van der Waals surface area contributed by atoms with E-state index in [1.54, 1.807) is 11.9 Å². The number of carbonyl (C=O) groups is 2. The predicted octanol–water partition coefficient (Wildman–Crippen LogP) is 0.964. The zero-order valence-electron chi connectivity index (χ0n) is 11.4. The molecular formula is C14H15N3O3. The number of carbonyl (C=O) groups excluding carboxylic acids is 2. The van der Waals surface area contributed by atoms with Crippen molar-refractivity contribution in [2.45, 2.75) is 19.8 Å². The van der Waals surface area contributed by atoms with E-state index in [0.29, 0.717) is 18.6 Å². The third-order valence-electron chi connectivity index (χ3n) is 3.61.